The van der Waals surface area contributed by atoms with Gasteiger partial charge in [0.05, 0.1) is 0 Å². The van der Waals surface area contributed by atoms with Crippen molar-refractivity contribution in [2.45, 2.75) is 12.2 Å². The maximum absolute atomic E-state index is 12.5. The molecular formula is C13H11ClFNO. The molecular weight excluding hydrogens is 241 g/mol. The molecule has 0 aromatic heterocycles. The molecule has 2 rings (SSSR count). The molecule has 0 spiro atoms. The number of benzene rings is 2. The highest BCUT2D eigenvalue weighted by Gasteiger charge is 2.12. The van der Waals surface area contributed by atoms with Crippen molar-refractivity contribution in [3.05, 3.63) is 48.0 Å². The Morgan fingerprint density at radius 2 is 1.94 bits per heavy atom. The van der Waals surface area contributed by atoms with Crippen LogP contribution in [0, 0.1) is 0 Å². The summed E-state index contributed by atoms with van der Waals surface area (Å²) in [5.74, 6) is -0.806. The van der Waals surface area contributed by atoms with Crippen LogP contribution in [0.5, 0.6) is 0 Å². The van der Waals surface area contributed by atoms with E-state index in [1.165, 1.54) is 0 Å². The predicted octanol–water partition coefficient (Wildman–Crippen LogP) is 2.99. The third-order valence-electron chi connectivity index (χ3n) is 2.53. The highest BCUT2D eigenvalue weighted by molar-refractivity contribution is 6.29. The smallest absolute Gasteiger partial charge is 0.270 e. The van der Waals surface area contributed by atoms with Crippen LogP contribution < -0.4 is 5.32 Å². The van der Waals surface area contributed by atoms with E-state index in [0.29, 0.717) is 0 Å². The Morgan fingerprint density at radius 3 is 2.71 bits per heavy atom. The van der Waals surface area contributed by atoms with Gasteiger partial charge in [0.25, 0.3) is 11.5 Å². The molecule has 0 bridgehead atoms. The topological polar surface area (TPSA) is 29.1 Å². The van der Waals surface area contributed by atoms with E-state index in [2.05, 4.69) is 5.32 Å². The van der Waals surface area contributed by atoms with Gasteiger partial charge in [-0.15, -0.1) is 0 Å². The Hall–Kier alpha value is -1.61. The summed E-state index contributed by atoms with van der Waals surface area (Å²) in [4.78, 5) is 11.0. The molecule has 0 aliphatic heterocycles. The number of rotatable bonds is 3. The molecule has 88 valence electrons. The number of carbonyl (C=O) groups excluding carboxylic acids is 1. The molecule has 1 unspecified atom stereocenters. The molecule has 1 N–H and O–H groups in total. The number of halogens is 2. The van der Waals surface area contributed by atoms with Gasteiger partial charge in [-0.05, 0) is 16.3 Å². The molecule has 0 radical (unpaired) electrons. The average Bonchev–Trinajstić information content (AvgIpc) is 2.35. The zero-order valence-corrected chi connectivity index (χ0v) is 9.75. The lowest BCUT2D eigenvalue weighted by molar-refractivity contribution is -0.123. The van der Waals surface area contributed by atoms with E-state index in [1.807, 2.05) is 42.5 Å². The SMILES string of the molecule is O=C(NCc1cccc2ccccc12)C(F)Cl. The fraction of sp³-hybridized carbons (Fsp3) is 0.154. The monoisotopic (exact) mass is 251 g/mol. The maximum atomic E-state index is 12.5. The number of nitrogens with one attached hydrogen (secondary N) is 1. The number of hydrogen-bond acceptors (Lipinski definition) is 1. The van der Waals surface area contributed by atoms with E-state index in [9.17, 15) is 9.18 Å². The summed E-state index contributed by atoms with van der Waals surface area (Å²) in [5.41, 5.74) is -1.06. The maximum Gasteiger partial charge on any atom is 0.270 e. The Morgan fingerprint density at radius 1 is 1.24 bits per heavy atom. The van der Waals surface area contributed by atoms with E-state index in [1.54, 1.807) is 0 Å². The Bertz CT molecular complexity index is 536. The minimum absolute atomic E-state index is 0.271. The van der Waals surface area contributed by atoms with Gasteiger partial charge >= 0.3 is 0 Å². The molecule has 0 fully saturated rings. The lowest BCUT2D eigenvalue weighted by Crippen LogP contribution is -2.28. The number of hydrogen-bond donors (Lipinski definition) is 1. The minimum atomic E-state index is -2.00. The van der Waals surface area contributed by atoms with Crippen molar-refractivity contribution in [2.24, 2.45) is 0 Å². The van der Waals surface area contributed by atoms with Crippen molar-refractivity contribution in [3.63, 3.8) is 0 Å². The van der Waals surface area contributed by atoms with Gasteiger partial charge < -0.3 is 5.32 Å². The molecule has 2 nitrogen and oxygen atoms in total. The highest BCUT2D eigenvalue weighted by Crippen LogP contribution is 2.18. The first-order valence-corrected chi connectivity index (χ1v) is 5.64. The van der Waals surface area contributed by atoms with Crippen LogP contribution in [0.25, 0.3) is 10.8 Å². The predicted molar refractivity (Wildman–Crippen MR) is 66.5 cm³/mol. The van der Waals surface area contributed by atoms with Gasteiger partial charge in [-0.25, -0.2) is 4.39 Å². The molecule has 1 amide bonds. The summed E-state index contributed by atoms with van der Waals surface area (Å²) >= 11 is 5.03. The summed E-state index contributed by atoms with van der Waals surface area (Å²) in [6.07, 6.45) is 0. The summed E-state index contributed by atoms with van der Waals surface area (Å²) in [6, 6.07) is 13.6. The molecule has 4 heteroatoms. The first kappa shape index (κ1) is 11.9. The van der Waals surface area contributed by atoms with Gasteiger partial charge in [0, 0.05) is 6.54 Å². The van der Waals surface area contributed by atoms with Crippen LogP contribution >= 0.6 is 11.6 Å². The van der Waals surface area contributed by atoms with Gasteiger partial charge in [-0.3, -0.25) is 4.79 Å². The van der Waals surface area contributed by atoms with Crippen LogP contribution in [0.15, 0.2) is 42.5 Å². The third kappa shape index (κ3) is 2.74. The van der Waals surface area contributed by atoms with E-state index in [4.69, 9.17) is 11.6 Å². The zero-order valence-electron chi connectivity index (χ0n) is 8.99. The first-order valence-electron chi connectivity index (χ1n) is 5.21. The van der Waals surface area contributed by atoms with Crippen LogP contribution in [0.3, 0.4) is 0 Å². The van der Waals surface area contributed by atoms with Crippen molar-refractivity contribution in [2.75, 3.05) is 0 Å². The molecule has 2 aromatic rings. The summed E-state index contributed by atoms with van der Waals surface area (Å²) in [6.45, 7) is 0.271. The molecule has 0 aliphatic rings. The number of alkyl halides is 2. The van der Waals surface area contributed by atoms with Crippen molar-refractivity contribution >= 4 is 28.3 Å². The largest absolute Gasteiger partial charge is 0.348 e. The van der Waals surface area contributed by atoms with Gasteiger partial charge in [0.1, 0.15) is 0 Å². The fourth-order valence-electron chi connectivity index (χ4n) is 1.71. The number of fused-ring (bicyclic) bond motifs is 1. The number of carbonyl (C=O) groups is 1. The zero-order chi connectivity index (χ0) is 12.3. The average molecular weight is 252 g/mol. The molecule has 1 atom stereocenters. The minimum Gasteiger partial charge on any atom is -0.348 e. The summed E-state index contributed by atoms with van der Waals surface area (Å²) < 4.78 is 12.5. The van der Waals surface area contributed by atoms with Crippen LogP contribution in [-0.4, -0.2) is 11.5 Å². The standard InChI is InChI=1S/C13H11ClFNO/c14-12(15)13(17)16-8-10-6-3-5-9-4-1-2-7-11(9)10/h1-7,12H,8H2,(H,16,17). The second kappa shape index (κ2) is 5.15. The Kier molecular flexibility index (Phi) is 3.59. The normalized spacial score (nSPS) is 12.4. The first-order chi connectivity index (χ1) is 8.18. The lowest BCUT2D eigenvalue weighted by Gasteiger charge is -2.08. The van der Waals surface area contributed by atoms with E-state index in [-0.39, 0.29) is 6.54 Å². The van der Waals surface area contributed by atoms with Crippen molar-refractivity contribution in [1.29, 1.82) is 0 Å². The second-order valence-corrected chi connectivity index (χ2v) is 4.04. The third-order valence-corrected chi connectivity index (χ3v) is 2.73. The van der Waals surface area contributed by atoms with Crippen LogP contribution in [0.1, 0.15) is 5.56 Å². The van der Waals surface area contributed by atoms with Crippen molar-refractivity contribution in [3.8, 4) is 0 Å². The molecule has 17 heavy (non-hydrogen) atoms. The Labute approximate surface area is 103 Å². The molecule has 0 aliphatic carbocycles. The lowest BCUT2D eigenvalue weighted by atomic mass is 10.0. The van der Waals surface area contributed by atoms with E-state index >= 15 is 0 Å². The molecule has 0 saturated heterocycles. The van der Waals surface area contributed by atoms with Crippen LogP contribution in [0.2, 0.25) is 0 Å². The summed E-state index contributed by atoms with van der Waals surface area (Å²) in [7, 11) is 0. The van der Waals surface area contributed by atoms with Crippen LogP contribution in [-0.2, 0) is 11.3 Å². The fourth-order valence-corrected chi connectivity index (χ4v) is 1.78. The number of amides is 1. The van der Waals surface area contributed by atoms with Gasteiger partial charge in [-0.2, -0.15) is 0 Å². The summed E-state index contributed by atoms with van der Waals surface area (Å²) in [5, 5.41) is 4.57. The second-order valence-electron chi connectivity index (χ2n) is 3.66. The molecule has 0 heterocycles. The van der Waals surface area contributed by atoms with Crippen molar-refractivity contribution < 1.29 is 9.18 Å². The van der Waals surface area contributed by atoms with Gasteiger partial charge in [0.2, 0.25) is 0 Å². The van der Waals surface area contributed by atoms with E-state index < -0.39 is 11.5 Å². The van der Waals surface area contributed by atoms with Gasteiger partial charge in [-0.1, -0.05) is 54.1 Å². The van der Waals surface area contributed by atoms with E-state index in [0.717, 1.165) is 16.3 Å². The Balaban J connectivity index is 2.21. The molecule has 2 aromatic carbocycles. The molecule has 0 saturated carbocycles. The van der Waals surface area contributed by atoms with Crippen molar-refractivity contribution in [1.82, 2.24) is 5.32 Å². The van der Waals surface area contributed by atoms with Crippen LogP contribution in [0.4, 0.5) is 4.39 Å². The highest BCUT2D eigenvalue weighted by atomic mass is 35.5. The van der Waals surface area contributed by atoms with Gasteiger partial charge in [0.15, 0.2) is 0 Å². The quantitative estimate of drug-likeness (QED) is 0.835.